The van der Waals surface area contributed by atoms with Gasteiger partial charge in [-0.1, -0.05) is 91.0 Å². The summed E-state index contributed by atoms with van der Waals surface area (Å²) < 4.78 is 0. The lowest BCUT2D eigenvalue weighted by atomic mass is 9.91. The number of hydrogen-bond donors (Lipinski definition) is 0. The van der Waals surface area contributed by atoms with Crippen molar-refractivity contribution in [2.75, 3.05) is 0 Å². The molecule has 8 aromatic rings. The molecule has 0 radical (unpaired) electrons. The molecule has 0 fully saturated rings. The third kappa shape index (κ3) is 4.54. The third-order valence-corrected chi connectivity index (χ3v) is 8.35. The molecule has 6 aromatic carbocycles. The fraction of sp³-hybridized carbons (Fsp3) is 0. The second-order valence-corrected chi connectivity index (χ2v) is 11.1. The number of hydrogen-bond acceptors (Lipinski definition) is 6. The zero-order valence-electron chi connectivity index (χ0n) is 24.8. The molecule has 216 valence electrons. The maximum absolute atomic E-state index is 9.87. The predicted octanol–water partition coefficient (Wildman–Crippen LogP) is 8.74. The van der Waals surface area contributed by atoms with Gasteiger partial charge in [0, 0.05) is 32.8 Å². The normalized spacial score (nSPS) is 10.9. The van der Waals surface area contributed by atoms with Crippen molar-refractivity contribution in [2.45, 2.75) is 0 Å². The predicted molar refractivity (Wildman–Crippen MR) is 182 cm³/mol. The van der Waals surface area contributed by atoms with Gasteiger partial charge in [-0.15, -0.1) is 10.2 Å². The average molecular weight is 600 g/mol. The van der Waals surface area contributed by atoms with Gasteiger partial charge >= 0.3 is 0 Å². The molecule has 47 heavy (non-hydrogen) atoms. The molecule has 0 spiro atoms. The van der Waals surface area contributed by atoms with Crippen molar-refractivity contribution in [3.63, 3.8) is 0 Å². The van der Waals surface area contributed by atoms with E-state index < -0.39 is 0 Å². The number of nitriles is 3. The van der Waals surface area contributed by atoms with Gasteiger partial charge in [-0.2, -0.15) is 20.6 Å². The summed E-state index contributed by atoms with van der Waals surface area (Å²) in [6.07, 6.45) is 0. The molecule has 7 nitrogen and oxygen atoms in total. The van der Waals surface area contributed by atoms with Gasteiger partial charge in [0.2, 0.25) is 0 Å². The fourth-order valence-corrected chi connectivity index (χ4v) is 6.21. The highest BCUT2D eigenvalue weighted by atomic mass is 15.5. The highest BCUT2D eigenvalue weighted by Crippen LogP contribution is 2.41. The Morgan fingerprint density at radius 1 is 0.532 bits per heavy atom. The first-order chi connectivity index (χ1) is 23.2. The monoisotopic (exact) mass is 599 g/mol. The van der Waals surface area contributed by atoms with Crippen LogP contribution in [0.3, 0.4) is 0 Å². The van der Waals surface area contributed by atoms with E-state index in [-0.39, 0.29) is 16.7 Å². The van der Waals surface area contributed by atoms with Gasteiger partial charge < -0.3 is 0 Å². The zero-order chi connectivity index (χ0) is 31.9. The van der Waals surface area contributed by atoms with E-state index in [2.05, 4.69) is 36.4 Å². The summed E-state index contributed by atoms with van der Waals surface area (Å²) in [6.45, 7) is 0. The lowest BCUT2D eigenvalue weighted by molar-refractivity contribution is 0.766. The SMILES string of the molecule is N#Cc1cc(C#N)c(-c2ccc(-c3cc4c(-c5ccccc5)nc5ccccc5c4c4nn(-c5ccccc5)nc34)cc2)c(C#N)c1. The Balaban J connectivity index is 1.42. The minimum absolute atomic E-state index is 0.272. The van der Waals surface area contributed by atoms with Crippen molar-refractivity contribution in [3.8, 4) is 57.4 Å². The first-order valence-corrected chi connectivity index (χ1v) is 14.9. The number of rotatable bonds is 4. The Morgan fingerprint density at radius 3 is 1.83 bits per heavy atom. The number of pyridine rings is 1. The van der Waals surface area contributed by atoms with Crippen LogP contribution in [0.2, 0.25) is 0 Å². The molecular weight excluding hydrogens is 578 g/mol. The number of fused-ring (bicyclic) bond motifs is 5. The van der Waals surface area contributed by atoms with Crippen LogP contribution in [-0.2, 0) is 0 Å². The number of nitrogens with zero attached hydrogens (tertiary/aromatic N) is 7. The van der Waals surface area contributed by atoms with Gasteiger partial charge in [-0.05, 0) is 47.5 Å². The molecule has 0 amide bonds. The average Bonchev–Trinajstić information content (AvgIpc) is 3.60. The minimum Gasteiger partial charge on any atom is -0.247 e. The van der Waals surface area contributed by atoms with Gasteiger partial charge in [-0.25, -0.2) is 4.98 Å². The van der Waals surface area contributed by atoms with Crippen LogP contribution in [0.15, 0.2) is 127 Å². The van der Waals surface area contributed by atoms with E-state index in [9.17, 15) is 15.8 Å². The van der Waals surface area contributed by atoms with Crippen LogP contribution in [0.4, 0.5) is 0 Å². The van der Waals surface area contributed by atoms with Crippen molar-refractivity contribution in [2.24, 2.45) is 0 Å². The molecule has 2 aromatic heterocycles. The molecule has 0 atom stereocenters. The topological polar surface area (TPSA) is 115 Å². The van der Waals surface area contributed by atoms with E-state index in [0.717, 1.165) is 60.8 Å². The molecule has 0 saturated carbocycles. The smallest absolute Gasteiger partial charge is 0.122 e. The van der Waals surface area contributed by atoms with Gasteiger partial charge in [0.15, 0.2) is 0 Å². The highest BCUT2D eigenvalue weighted by Gasteiger charge is 2.21. The van der Waals surface area contributed by atoms with Crippen LogP contribution >= 0.6 is 0 Å². The molecule has 0 bridgehead atoms. The highest BCUT2D eigenvalue weighted by molar-refractivity contribution is 6.23. The largest absolute Gasteiger partial charge is 0.247 e. The van der Waals surface area contributed by atoms with Crippen LogP contribution in [-0.4, -0.2) is 20.0 Å². The maximum Gasteiger partial charge on any atom is 0.122 e. The number of para-hydroxylation sites is 2. The van der Waals surface area contributed by atoms with E-state index in [1.165, 1.54) is 12.1 Å². The Hall–Kier alpha value is -7.14. The van der Waals surface area contributed by atoms with Crippen molar-refractivity contribution in [1.29, 1.82) is 15.8 Å². The van der Waals surface area contributed by atoms with Gasteiger partial charge in [0.25, 0.3) is 0 Å². The van der Waals surface area contributed by atoms with E-state index >= 15 is 0 Å². The Kier molecular flexibility index (Phi) is 6.47. The summed E-state index contributed by atoms with van der Waals surface area (Å²) in [4.78, 5) is 6.82. The summed E-state index contributed by atoms with van der Waals surface area (Å²) in [5.41, 5.74) is 8.83. The second-order valence-electron chi connectivity index (χ2n) is 11.1. The minimum atomic E-state index is 0.272. The maximum atomic E-state index is 9.87. The first kappa shape index (κ1) is 27.4. The molecular formula is C40H21N7. The quantitative estimate of drug-likeness (QED) is 0.187. The molecule has 8 rings (SSSR count). The molecule has 0 aliphatic heterocycles. The van der Waals surface area contributed by atoms with Crippen LogP contribution in [0.25, 0.3) is 71.9 Å². The van der Waals surface area contributed by atoms with Crippen LogP contribution in [0.5, 0.6) is 0 Å². The first-order valence-electron chi connectivity index (χ1n) is 14.9. The molecule has 0 N–H and O–H groups in total. The van der Waals surface area contributed by atoms with Crippen molar-refractivity contribution in [1.82, 2.24) is 20.0 Å². The summed E-state index contributed by atoms with van der Waals surface area (Å²) in [7, 11) is 0. The van der Waals surface area contributed by atoms with E-state index in [4.69, 9.17) is 15.2 Å². The number of benzene rings is 6. The van der Waals surface area contributed by atoms with Crippen LogP contribution in [0.1, 0.15) is 16.7 Å². The summed E-state index contributed by atoms with van der Waals surface area (Å²) in [5, 5.41) is 42.2. The molecule has 7 heteroatoms. The van der Waals surface area contributed by atoms with Gasteiger partial charge in [-0.3, -0.25) is 0 Å². The summed E-state index contributed by atoms with van der Waals surface area (Å²) >= 11 is 0. The summed E-state index contributed by atoms with van der Waals surface area (Å²) in [5.74, 6) is 0. The molecule has 0 unspecified atom stereocenters. The molecule has 0 saturated heterocycles. The van der Waals surface area contributed by atoms with Crippen LogP contribution < -0.4 is 0 Å². The molecule has 2 heterocycles. The van der Waals surface area contributed by atoms with Crippen molar-refractivity contribution < 1.29 is 0 Å². The lowest BCUT2D eigenvalue weighted by Gasteiger charge is -2.13. The van der Waals surface area contributed by atoms with Gasteiger partial charge in [0.1, 0.15) is 11.0 Å². The molecule has 0 aliphatic rings. The second kappa shape index (κ2) is 11.1. The Labute approximate surface area is 269 Å². The van der Waals surface area contributed by atoms with Crippen molar-refractivity contribution in [3.05, 3.63) is 144 Å². The molecule has 0 aliphatic carbocycles. The van der Waals surface area contributed by atoms with Gasteiger partial charge in [0.05, 0.1) is 51.8 Å². The van der Waals surface area contributed by atoms with E-state index in [1.807, 2.05) is 97.1 Å². The Bertz CT molecular complexity index is 2600. The lowest BCUT2D eigenvalue weighted by Crippen LogP contribution is -1.97. The summed E-state index contributed by atoms with van der Waals surface area (Å²) in [6, 6.07) is 47.3. The van der Waals surface area contributed by atoms with E-state index in [0.29, 0.717) is 11.1 Å². The van der Waals surface area contributed by atoms with E-state index in [1.54, 1.807) is 4.80 Å². The standard InChI is InChI=1S/C40H21N7/c41-22-25-19-29(23-42)36(30(20-25)24-43)27-17-15-26(16-18-27)33-21-34-37(40-39(33)45-47(46-40)31-11-5-2-6-12-31)32-13-7-8-14-35(32)44-38(34)28-9-3-1-4-10-28/h1-21H. The Morgan fingerprint density at radius 2 is 1.15 bits per heavy atom. The van der Waals surface area contributed by atoms with Crippen molar-refractivity contribution >= 4 is 32.7 Å². The van der Waals surface area contributed by atoms with Crippen LogP contribution in [0, 0.1) is 34.0 Å². The third-order valence-electron chi connectivity index (χ3n) is 8.35. The fourth-order valence-electron chi connectivity index (χ4n) is 6.21. The number of aromatic nitrogens is 4. The zero-order valence-corrected chi connectivity index (χ0v) is 24.8.